The van der Waals surface area contributed by atoms with Crippen LogP contribution in [0.1, 0.15) is 5.01 Å². The number of aromatic nitrogens is 1. The average Bonchev–Trinajstić information content (AvgIpc) is 2.70. The van der Waals surface area contributed by atoms with Crippen LogP contribution in [0.3, 0.4) is 0 Å². The summed E-state index contributed by atoms with van der Waals surface area (Å²) in [4.78, 5) is 3.88. The summed E-state index contributed by atoms with van der Waals surface area (Å²) in [5, 5.41) is 10.6. The van der Waals surface area contributed by atoms with Crippen LogP contribution in [0, 0.1) is 6.92 Å². The number of phenols is 1. The van der Waals surface area contributed by atoms with E-state index in [2.05, 4.69) is 9.71 Å². The molecule has 2 N–H and O–H groups in total. The van der Waals surface area contributed by atoms with Gasteiger partial charge in [-0.2, -0.15) is 0 Å². The second-order valence-corrected chi connectivity index (χ2v) is 7.05. The molecule has 0 aliphatic rings. The van der Waals surface area contributed by atoms with Gasteiger partial charge in [0.25, 0.3) is 10.0 Å². The molecule has 18 heavy (non-hydrogen) atoms. The third-order valence-electron chi connectivity index (χ3n) is 2.07. The summed E-state index contributed by atoms with van der Waals surface area (Å²) in [6.07, 6.45) is 1.27. The highest BCUT2D eigenvalue weighted by atomic mass is 35.5. The Hall–Kier alpha value is -1.31. The molecule has 96 valence electrons. The third-order valence-corrected chi connectivity index (χ3v) is 5.04. The summed E-state index contributed by atoms with van der Waals surface area (Å²) in [7, 11) is -3.72. The Morgan fingerprint density at radius 1 is 1.44 bits per heavy atom. The van der Waals surface area contributed by atoms with Gasteiger partial charge in [0.1, 0.15) is 5.75 Å². The van der Waals surface area contributed by atoms with Gasteiger partial charge in [0.2, 0.25) is 0 Å². The van der Waals surface area contributed by atoms with E-state index in [9.17, 15) is 13.5 Å². The van der Waals surface area contributed by atoms with Crippen LogP contribution < -0.4 is 4.72 Å². The van der Waals surface area contributed by atoms with Gasteiger partial charge in [-0.3, -0.25) is 4.72 Å². The van der Waals surface area contributed by atoms with Crippen molar-refractivity contribution in [3.8, 4) is 5.75 Å². The molecule has 0 aliphatic heterocycles. The number of sulfonamides is 1. The van der Waals surface area contributed by atoms with E-state index >= 15 is 0 Å². The zero-order chi connectivity index (χ0) is 13.3. The van der Waals surface area contributed by atoms with Crippen LogP contribution in [0.2, 0.25) is 5.02 Å². The number of anilines is 1. The molecule has 0 fully saturated rings. The molecular formula is C10H9ClN2O3S2. The Kier molecular flexibility index (Phi) is 3.47. The summed E-state index contributed by atoms with van der Waals surface area (Å²) in [5.41, 5.74) is 0.0745. The van der Waals surface area contributed by atoms with E-state index < -0.39 is 10.0 Å². The fraction of sp³-hybridized carbons (Fsp3) is 0.100. The van der Waals surface area contributed by atoms with Crippen molar-refractivity contribution in [2.45, 2.75) is 11.1 Å². The van der Waals surface area contributed by atoms with Crippen LogP contribution in [0.15, 0.2) is 28.6 Å². The lowest BCUT2D eigenvalue weighted by Gasteiger charge is -2.07. The maximum Gasteiger partial charge on any atom is 0.273 e. The van der Waals surface area contributed by atoms with Crippen molar-refractivity contribution in [1.82, 2.24) is 4.98 Å². The van der Waals surface area contributed by atoms with E-state index in [1.807, 2.05) is 0 Å². The van der Waals surface area contributed by atoms with Gasteiger partial charge in [0, 0.05) is 11.1 Å². The monoisotopic (exact) mass is 304 g/mol. The van der Waals surface area contributed by atoms with Crippen molar-refractivity contribution in [2.75, 3.05) is 4.72 Å². The van der Waals surface area contributed by atoms with Crippen LogP contribution in [0.25, 0.3) is 0 Å². The molecule has 1 aromatic heterocycles. The van der Waals surface area contributed by atoms with Gasteiger partial charge in [-0.15, -0.1) is 11.3 Å². The Bertz CT molecular complexity index is 682. The summed E-state index contributed by atoms with van der Waals surface area (Å²) in [5.74, 6) is -0.229. The number of nitrogens with one attached hydrogen (secondary N) is 1. The zero-order valence-corrected chi connectivity index (χ0v) is 11.6. The number of rotatable bonds is 3. The maximum atomic E-state index is 12.0. The third kappa shape index (κ3) is 2.74. The summed E-state index contributed by atoms with van der Waals surface area (Å²) >= 11 is 6.72. The molecule has 0 saturated heterocycles. The van der Waals surface area contributed by atoms with Gasteiger partial charge in [-0.1, -0.05) is 11.6 Å². The fourth-order valence-electron chi connectivity index (χ4n) is 1.25. The second kappa shape index (κ2) is 4.75. The van der Waals surface area contributed by atoms with Crippen molar-refractivity contribution in [1.29, 1.82) is 0 Å². The quantitative estimate of drug-likeness (QED) is 0.854. The summed E-state index contributed by atoms with van der Waals surface area (Å²) < 4.78 is 26.3. The Balaban J connectivity index is 2.33. The minimum Gasteiger partial charge on any atom is -0.506 e. The number of halogens is 1. The van der Waals surface area contributed by atoms with Gasteiger partial charge in [0.15, 0.2) is 4.21 Å². The number of hydrogen-bond acceptors (Lipinski definition) is 5. The van der Waals surface area contributed by atoms with Gasteiger partial charge in [0.05, 0.1) is 16.9 Å². The minimum atomic E-state index is -3.72. The predicted molar refractivity (Wildman–Crippen MR) is 70.8 cm³/mol. The topological polar surface area (TPSA) is 79.3 Å². The van der Waals surface area contributed by atoms with Crippen molar-refractivity contribution >= 4 is 38.6 Å². The van der Waals surface area contributed by atoms with E-state index in [0.29, 0.717) is 10.0 Å². The lowest BCUT2D eigenvalue weighted by atomic mass is 10.3. The normalized spacial score (nSPS) is 11.4. The van der Waals surface area contributed by atoms with Crippen molar-refractivity contribution < 1.29 is 13.5 Å². The van der Waals surface area contributed by atoms with Gasteiger partial charge in [-0.05, 0) is 19.1 Å². The van der Waals surface area contributed by atoms with E-state index in [4.69, 9.17) is 11.6 Å². The molecule has 1 aromatic carbocycles. The molecule has 2 rings (SSSR count). The van der Waals surface area contributed by atoms with E-state index in [1.54, 1.807) is 6.92 Å². The number of aryl methyl sites for hydroxylation is 1. The molecule has 0 radical (unpaired) electrons. The van der Waals surface area contributed by atoms with Crippen LogP contribution in [0.4, 0.5) is 5.69 Å². The Morgan fingerprint density at radius 3 is 2.72 bits per heavy atom. The number of benzene rings is 1. The van der Waals surface area contributed by atoms with Crippen molar-refractivity contribution in [3.63, 3.8) is 0 Å². The molecule has 5 nitrogen and oxygen atoms in total. The molecular weight excluding hydrogens is 296 g/mol. The number of nitrogens with zero attached hydrogens (tertiary/aromatic N) is 1. The molecule has 0 amide bonds. The highest BCUT2D eigenvalue weighted by Gasteiger charge is 2.18. The molecule has 8 heteroatoms. The molecule has 0 saturated carbocycles. The predicted octanol–water partition coefficient (Wildman–Crippen LogP) is 2.61. The molecule has 2 aromatic rings. The smallest absolute Gasteiger partial charge is 0.273 e. The van der Waals surface area contributed by atoms with E-state index in [0.717, 1.165) is 11.3 Å². The zero-order valence-electron chi connectivity index (χ0n) is 9.21. The van der Waals surface area contributed by atoms with Crippen molar-refractivity contribution in [3.05, 3.63) is 34.4 Å². The molecule has 0 atom stereocenters. The highest BCUT2D eigenvalue weighted by molar-refractivity contribution is 7.94. The molecule has 0 aliphatic carbocycles. The lowest BCUT2D eigenvalue weighted by molar-refractivity contribution is 0.477. The first kappa shape index (κ1) is 13.1. The number of phenolic OH excluding ortho intramolecular Hbond substituents is 1. The van der Waals surface area contributed by atoms with Crippen LogP contribution >= 0.6 is 22.9 Å². The van der Waals surface area contributed by atoms with Crippen LogP contribution in [0.5, 0.6) is 5.75 Å². The maximum absolute atomic E-state index is 12.0. The molecule has 0 spiro atoms. The van der Waals surface area contributed by atoms with Crippen LogP contribution in [-0.4, -0.2) is 18.5 Å². The molecule has 0 bridgehead atoms. The molecule has 1 heterocycles. The average molecular weight is 305 g/mol. The summed E-state index contributed by atoms with van der Waals surface area (Å²) in [6.45, 7) is 1.71. The lowest BCUT2D eigenvalue weighted by Crippen LogP contribution is -2.11. The van der Waals surface area contributed by atoms with Gasteiger partial charge >= 0.3 is 0 Å². The first-order valence-electron chi connectivity index (χ1n) is 4.82. The Labute approximate surface area is 113 Å². The highest BCUT2D eigenvalue weighted by Crippen LogP contribution is 2.29. The van der Waals surface area contributed by atoms with E-state index in [1.165, 1.54) is 24.4 Å². The SMILES string of the molecule is Cc1ncc(S(=O)(=O)Nc2ccc(Cl)cc2O)s1. The second-order valence-electron chi connectivity index (χ2n) is 3.47. The first-order valence-corrected chi connectivity index (χ1v) is 7.50. The Morgan fingerprint density at radius 2 is 2.17 bits per heavy atom. The van der Waals surface area contributed by atoms with Gasteiger partial charge < -0.3 is 5.11 Å². The number of thiazole rings is 1. The number of aromatic hydroxyl groups is 1. The first-order chi connectivity index (χ1) is 8.38. The van der Waals surface area contributed by atoms with Gasteiger partial charge in [-0.25, -0.2) is 13.4 Å². The van der Waals surface area contributed by atoms with Crippen molar-refractivity contribution in [2.24, 2.45) is 0 Å². The largest absolute Gasteiger partial charge is 0.506 e. The minimum absolute atomic E-state index is 0.0745. The standard InChI is InChI=1S/C10H9ClN2O3S2/c1-6-12-5-10(17-6)18(15,16)13-8-3-2-7(11)4-9(8)14/h2-5,13-14H,1H3. The van der Waals surface area contributed by atoms with E-state index in [-0.39, 0.29) is 15.6 Å². The molecule has 0 unspecified atom stereocenters. The fourth-order valence-corrected chi connectivity index (χ4v) is 3.60. The van der Waals surface area contributed by atoms with Crippen LogP contribution in [-0.2, 0) is 10.0 Å². The summed E-state index contributed by atoms with van der Waals surface area (Å²) in [6, 6.07) is 4.14. The number of hydrogen-bond donors (Lipinski definition) is 2.